The number of benzene rings is 2. The third-order valence-electron chi connectivity index (χ3n) is 5.71. The Morgan fingerprint density at radius 1 is 0.914 bits per heavy atom. The maximum Gasteiger partial charge on any atom is 0.328 e. The van der Waals surface area contributed by atoms with Gasteiger partial charge in [-0.2, -0.15) is 0 Å². The summed E-state index contributed by atoms with van der Waals surface area (Å²) in [6, 6.07) is 17.5. The van der Waals surface area contributed by atoms with Crippen LogP contribution < -0.4 is 10.6 Å². The Bertz CT molecular complexity index is 1060. The Labute approximate surface area is 205 Å². The summed E-state index contributed by atoms with van der Waals surface area (Å²) in [6.45, 7) is 0. The number of nitrogens with zero attached hydrogens (tertiary/aromatic N) is 1. The number of amides is 2. The largest absolute Gasteiger partial charge is 0.467 e. The van der Waals surface area contributed by atoms with Gasteiger partial charge < -0.3 is 20.4 Å². The molecule has 2 atom stereocenters. The van der Waals surface area contributed by atoms with Gasteiger partial charge in [-0.1, -0.05) is 60.7 Å². The van der Waals surface area contributed by atoms with Gasteiger partial charge in [-0.15, -0.1) is 0 Å². The number of carbonyl (C=O) groups is 3. The van der Waals surface area contributed by atoms with Crippen molar-refractivity contribution in [2.75, 3.05) is 7.11 Å². The van der Waals surface area contributed by atoms with Crippen LogP contribution in [-0.2, 0) is 38.4 Å². The molecule has 0 spiro atoms. The van der Waals surface area contributed by atoms with Crippen LogP contribution in [-0.4, -0.2) is 46.9 Å². The van der Waals surface area contributed by atoms with Crippen molar-refractivity contribution >= 4 is 17.8 Å². The van der Waals surface area contributed by atoms with Crippen molar-refractivity contribution in [2.45, 2.75) is 50.6 Å². The lowest BCUT2D eigenvalue weighted by molar-refractivity contribution is -0.145. The van der Waals surface area contributed by atoms with Crippen molar-refractivity contribution in [3.05, 3.63) is 90.0 Å². The Morgan fingerprint density at radius 2 is 1.60 bits per heavy atom. The summed E-state index contributed by atoms with van der Waals surface area (Å²) in [6.07, 6.45) is 6.21. The summed E-state index contributed by atoms with van der Waals surface area (Å²) in [5, 5.41) is 5.65. The molecular weight excluding hydrogens is 444 g/mol. The maximum absolute atomic E-state index is 13.2. The highest BCUT2D eigenvalue weighted by atomic mass is 16.5. The summed E-state index contributed by atoms with van der Waals surface area (Å²) in [5.74, 6) is -1.16. The smallest absolute Gasteiger partial charge is 0.328 e. The Balaban J connectivity index is 1.63. The molecule has 0 aliphatic rings. The molecule has 8 nitrogen and oxygen atoms in total. The predicted molar refractivity (Wildman–Crippen MR) is 132 cm³/mol. The van der Waals surface area contributed by atoms with Crippen LogP contribution in [0.25, 0.3) is 0 Å². The van der Waals surface area contributed by atoms with Crippen LogP contribution >= 0.6 is 0 Å². The van der Waals surface area contributed by atoms with Crippen molar-refractivity contribution in [2.24, 2.45) is 0 Å². The van der Waals surface area contributed by atoms with Crippen LogP contribution in [0.3, 0.4) is 0 Å². The number of ether oxygens (including phenoxy) is 1. The lowest BCUT2D eigenvalue weighted by Crippen LogP contribution is -2.52. The van der Waals surface area contributed by atoms with Crippen LogP contribution in [0.15, 0.2) is 73.2 Å². The predicted octanol–water partition coefficient (Wildman–Crippen LogP) is 2.75. The topological polar surface area (TPSA) is 113 Å². The number of hydrogen-bond donors (Lipinski definition) is 3. The van der Waals surface area contributed by atoms with Crippen LogP contribution in [0.1, 0.15) is 36.1 Å². The molecule has 3 N–H and O–H groups in total. The molecule has 3 rings (SSSR count). The molecule has 0 saturated carbocycles. The van der Waals surface area contributed by atoms with E-state index in [1.807, 2.05) is 60.7 Å². The molecule has 0 aliphatic heterocycles. The van der Waals surface area contributed by atoms with E-state index in [0.717, 1.165) is 16.8 Å². The number of methoxy groups -OCH3 is 1. The number of imidazole rings is 1. The first kappa shape index (κ1) is 25.7. The second-order valence-electron chi connectivity index (χ2n) is 8.35. The lowest BCUT2D eigenvalue weighted by Gasteiger charge is -2.22. The molecule has 2 aromatic carbocycles. The normalized spacial score (nSPS) is 12.4. The van der Waals surface area contributed by atoms with Gasteiger partial charge >= 0.3 is 5.97 Å². The first-order valence-corrected chi connectivity index (χ1v) is 11.8. The van der Waals surface area contributed by atoms with Gasteiger partial charge in [0.1, 0.15) is 12.1 Å². The molecule has 0 saturated heterocycles. The molecular formula is C27H32N4O4. The standard InChI is InChI=1S/C27H32N4O4/c1-35-27(34)23(14-8-13-22-18-28-19-29-22)31-26(33)24(17-21-11-6-3-7-12-21)30-25(32)16-15-20-9-4-2-5-10-20/h2-7,9-12,18-19,23-24H,8,13-17H2,1H3,(H,28,29)(H,30,32)(H,31,33). The van der Waals surface area contributed by atoms with Gasteiger partial charge in [0.25, 0.3) is 0 Å². The number of aryl methyl sites for hydroxylation is 2. The fourth-order valence-electron chi connectivity index (χ4n) is 3.81. The van der Waals surface area contributed by atoms with Gasteiger partial charge in [-0.05, 0) is 36.8 Å². The van der Waals surface area contributed by atoms with Crippen LogP contribution in [0, 0.1) is 0 Å². The van der Waals surface area contributed by atoms with E-state index < -0.39 is 24.0 Å². The third-order valence-corrected chi connectivity index (χ3v) is 5.71. The molecule has 35 heavy (non-hydrogen) atoms. The zero-order valence-corrected chi connectivity index (χ0v) is 19.9. The number of carbonyl (C=O) groups excluding carboxylic acids is 3. The minimum absolute atomic E-state index is 0.223. The number of aromatic amines is 1. The van der Waals surface area contributed by atoms with Gasteiger partial charge in [0.05, 0.1) is 13.4 Å². The summed E-state index contributed by atoms with van der Waals surface area (Å²) in [4.78, 5) is 45.3. The molecule has 1 aromatic heterocycles. The highest BCUT2D eigenvalue weighted by molar-refractivity contribution is 5.91. The Kier molecular flexibility index (Phi) is 10.0. The second kappa shape index (κ2) is 13.7. The number of rotatable bonds is 13. The first-order valence-electron chi connectivity index (χ1n) is 11.8. The van der Waals surface area contributed by atoms with E-state index in [4.69, 9.17) is 4.74 Å². The summed E-state index contributed by atoms with van der Waals surface area (Å²) >= 11 is 0. The molecule has 8 heteroatoms. The summed E-state index contributed by atoms with van der Waals surface area (Å²) < 4.78 is 4.91. The van der Waals surface area contributed by atoms with Gasteiger partial charge in [0, 0.05) is 24.7 Å². The van der Waals surface area contributed by atoms with Crippen molar-refractivity contribution in [1.82, 2.24) is 20.6 Å². The summed E-state index contributed by atoms with van der Waals surface area (Å²) in [5.41, 5.74) is 2.91. The van der Waals surface area contributed by atoms with E-state index in [-0.39, 0.29) is 12.3 Å². The molecule has 0 bridgehead atoms. The molecule has 2 unspecified atom stereocenters. The molecule has 2 amide bonds. The SMILES string of the molecule is COC(=O)C(CCCc1cnc[nH]1)NC(=O)C(Cc1ccccc1)NC(=O)CCc1ccccc1. The van der Waals surface area contributed by atoms with E-state index in [0.29, 0.717) is 32.1 Å². The minimum Gasteiger partial charge on any atom is -0.467 e. The molecule has 184 valence electrons. The number of nitrogens with one attached hydrogen (secondary N) is 3. The van der Waals surface area contributed by atoms with Gasteiger partial charge in [0.2, 0.25) is 11.8 Å². The van der Waals surface area contributed by atoms with E-state index in [1.54, 1.807) is 12.5 Å². The van der Waals surface area contributed by atoms with E-state index in [1.165, 1.54) is 7.11 Å². The average Bonchev–Trinajstić information content (AvgIpc) is 3.41. The van der Waals surface area contributed by atoms with Crippen molar-refractivity contribution in [3.63, 3.8) is 0 Å². The number of esters is 1. The van der Waals surface area contributed by atoms with E-state index in [9.17, 15) is 14.4 Å². The summed E-state index contributed by atoms with van der Waals surface area (Å²) in [7, 11) is 1.29. The molecule has 0 aliphatic carbocycles. The van der Waals surface area contributed by atoms with Crippen molar-refractivity contribution in [3.8, 4) is 0 Å². The van der Waals surface area contributed by atoms with Crippen molar-refractivity contribution < 1.29 is 19.1 Å². The van der Waals surface area contributed by atoms with E-state index >= 15 is 0 Å². The van der Waals surface area contributed by atoms with Gasteiger partial charge in [0.15, 0.2) is 0 Å². The highest BCUT2D eigenvalue weighted by Crippen LogP contribution is 2.09. The fourth-order valence-corrected chi connectivity index (χ4v) is 3.81. The van der Waals surface area contributed by atoms with Gasteiger partial charge in [-0.3, -0.25) is 9.59 Å². The number of aromatic nitrogens is 2. The fraction of sp³-hybridized carbons (Fsp3) is 0.333. The van der Waals surface area contributed by atoms with Crippen LogP contribution in [0.4, 0.5) is 0 Å². The maximum atomic E-state index is 13.2. The average molecular weight is 477 g/mol. The molecule has 0 fully saturated rings. The number of H-pyrrole nitrogens is 1. The monoisotopic (exact) mass is 476 g/mol. The second-order valence-corrected chi connectivity index (χ2v) is 8.35. The van der Waals surface area contributed by atoms with Crippen molar-refractivity contribution in [1.29, 1.82) is 0 Å². The van der Waals surface area contributed by atoms with Gasteiger partial charge in [-0.25, -0.2) is 9.78 Å². The quantitative estimate of drug-likeness (QED) is 0.328. The molecule has 0 radical (unpaired) electrons. The molecule has 3 aromatic rings. The Morgan fingerprint density at radius 3 is 2.23 bits per heavy atom. The van der Waals surface area contributed by atoms with Crippen LogP contribution in [0.5, 0.6) is 0 Å². The lowest BCUT2D eigenvalue weighted by atomic mass is 10.0. The zero-order chi connectivity index (χ0) is 24.9. The minimum atomic E-state index is -0.819. The van der Waals surface area contributed by atoms with Crippen LogP contribution in [0.2, 0.25) is 0 Å². The van der Waals surface area contributed by atoms with E-state index in [2.05, 4.69) is 20.6 Å². The zero-order valence-electron chi connectivity index (χ0n) is 19.9. The first-order chi connectivity index (χ1) is 17.0. The third kappa shape index (κ3) is 8.73. The molecule has 1 heterocycles. The highest BCUT2D eigenvalue weighted by Gasteiger charge is 2.27. The number of hydrogen-bond acceptors (Lipinski definition) is 5. The Hall–Kier alpha value is -3.94.